The van der Waals surface area contributed by atoms with Crippen LogP contribution in [0.1, 0.15) is 42.3 Å². The number of nitrogens with zero attached hydrogens (tertiary/aromatic N) is 4. The second kappa shape index (κ2) is 12.3. The lowest BCUT2D eigenvalue weighted by atomic mass is 9.79. The third-order valence-electron chi connectivity index (χ3n) is 7.76. The summed E-state index contributed by atoms with van der Waals surface area (Å²) in [5.74, 6) is 1.04. The van der Waals surface area contributed by atoms with Crippen molar-refractivity contribution in [3.8, 4) is 0 Å². The van der Waals surface area contributed by atoms with Crippen molar-refractivity contribution in [2.24, 2.45) is 11.8 Å². The van der Waals surface area contributed by atoms with Gasteiger partial charge in [0.05, 0.1) is 11.2 Å². The van der Waals surface area contributed by atoms with Gasteiger partial charge in [0.25, 0.3) is 11.8 Å². The number of benzene rings is 1. The highest BCUT2D eigenvalue weighted by Crippen LogP contribution is 2.34. The van der Waals surface area contributed by atoms with E-state index in [4.69, 9.17) is 11.6 Å². The summed E-state index contributed by atoms with van der Waals surface area (Å²) >= 11 is 7.49. The summed E-state index contributed by atoms with van der Waals surface area (Å²) in [5.41, 5.74) is -1.26. The fourth-order valence-corrected chi connectivity index (χ4v) is 6.77. The van der Waals surface area contributed by atoms with Gasteiger partial charge in [0, 0.05) is 35.2 Å². The predicted octanol–water partition coefficient (Wildman–Crippen LogP) is 5.28. The Morgan fingerprint density at radius 1 is 1.05 bits per heavy atom. The minimum atomic E-state index is -1.26. The number of piperidine rings is 2. The maximum Gasteiger partial charge on any atom is 0.269 e. The van der Waals surface area contributed by atoms with Gasteiger partial charge >= 0.3 is 0 Å². The summed E-state index contributed by atoms with van der Waals surface area (Å²) in [6.07, 6.45) is 9.49. The number of carbonyl (C=O) groups excluding carboxylic acids is 2. The molecule has 0 saturated carbocycles. The molecule has 11 heteroatoms. The van der Waals surface area contributed by atoms with Crippen LogP contribution in [0.2, 0.25) is 5.02 Å². The number of thiophene rings is 1. The number of imidazole rings is 1. The maximum atomic E-state index is 13.9. The van der Waals surface area contributed by atoms with E-state index in [0.29, 0.717) is 15.8 Å². The largest absolute Gasteiger partial charge is 0.339 e. The minimum absolute atomic E-state index is 0. The molecule has 2 amide bonds. The number of hydrogen-bond acceptors (Lipinski definition) is 5. The topological polar surface area (TPSA) is 70.5 Å². The zero-order valence-corrected chi connectivity index (χ0v) is 24.3. The van der Waals surface area contributed by atoms with Gasteiger partial charge in [-0.1, -0.05) is 17.7 Å². The Labute approximate surface area is 239 Å². The second-order valence-electron chi connectivity index (χ2n) is 10.1. The Morgan fingerprint density at radius 2 is 1.70 bits per heavy atom. The number of amides is 2. The molecule has 2 saturated heterocycles. The van der Waals surface area contributed by atoms with Crippen molar-refractivity contribution in [2.45, 2.75) is 38.3 Å². The molecule has 1 N–H and O–H groups in total. The minimum Gasteiger partial charge on any atom is -0.339 e. The number of carbonyl (C=O) groups is 2. The molecule has 0 unspecified atom stereocenters. The molecule has 202 valence electrons. The molecule has 1 atom stereocenters. The third-order valence-corrected chi connectivity index (χ3v) is 9.09. The average Bonchev–Trinajstić information content (AvgIpc) is 3.55. The van der Waals surface area contributed by atoms with E-state index in [1.54, 1.807) is 30.2 Å². The first kappa shape index (κ1) is 29.7. The standard InChI is InChI=1S/C26H32ClN5O2S.2ClH/c1-26(32-14-9-28-17-32,29-24(33)23-15-20-3-4-21(27)16-22(20)35-23)25(34)31-12-7-19(8-13-31)18-5-10-30(2)11-6-18;;/h3-4,9,14-19H,5-8,10-13H2,1-2H3,(H,29,33);2*1H/t26-;;/m0../s1. The molecule has 7 nitrogen and oxygen atoms in total. The fraction of sp³-hybridized carbons (Fsp3) is 0.500. The highest BCUT2D eigenvalue weighted by molar-refractivity contribution is 7.20. The molecule has 2 aliphatic rings. The third kappa shape index (κ3) is 6.25. The molecule has 37 heavy (non-hydrogen) atoms. The summed E-state index contributed by atoms with van der Waals surface area (Å²) in [6, 6.07) is 7.41. The van der Waals surface area contributed by atoms with Crippen LogP contribution in [0.5, 0.6) is 0 Å². The first-order valence-electron chi connectivity index (χ1n) is 12.3. The van der Waals surface area contributed by atoms with Crippen LogP contribution in [0.25, 0.3) is 10.1 Å². The van der Waals surface area contributed by atoms with Gasteiger partial charge in [-0.05, 0) is 88.2 Å². The highest BCUT2D eigenvalue weighted by Gasteiger charge is 2.42. The van der Waals surface area contributed by atoms with Crippen molar-refractivity contribution in [1.29, 1.82) is 0 Å². The van der Waals surface area contributed by atoms with Gasteiger partial charge in [0.1, 0.15) is 0 Å². The van der Waals surface area contributed by atoms with E-state index >= 15 is 0 Å². The molecule has 0 bridgehead atoms. The van der Waals surface area contributed by atoms with Crippen molar-refractivity contribution in [3.63, 3.8) is 0 Å². The van der Waals surface area contributed by atoms with Crippen LogP contribution in [0.15, 0.2) is 43.0 Å². The molecule has 0 aliphatic carbocycles. The van der Waals surface area contributed by atoms with Crippen molar-refractivity contribution < 1.29 is 9.59 Å². The van der Waals surface area contributed by atoms with Gasteiger partial charge in [-0.2, -0.15) is 0 Å². The van der Waals surface area contributed by atoms with E-state index < -0.39 is 5.66 Å². The Kier molecular flexibility index (Phi) is 9.91. The van der Waals surface area contributed by atoms with E-state index in [0.717, 1.165) is 41.9 Å². The Morgan fingerprint density at radius 3 is 2.32 bits per heavy atom. The molecule has 0 radical (unpaired) electrons. The van der Waals surface area contributed by atoms with Gasteiger partial charge < -0.3 is 19.7 Å². The van der Waals surface area contributed by atoms with E-state index in [2.05, 4.69) is 22.2 Å². The van der Waals surface area contributed by atoms with Crippen LogP contribution >= 0.6 is 47.8 Å². The monoisotopic (exact) mass is 585 g/mol. The molecule has 3 aromatic rings. The summed E-state index contributed by atoms with van der Waals surface area (Å²) in [6.45, 7) is 5.54. The van der Waals surface area contributed by atoms with Gasteiger partial charge in [-0.3, -0.25) is 9.59 Å². The van der Waals surface area contributed by atoms with Crippen molar-refractivity contribution in [1.82, 2.24) is 24.7 Å². The molecule has 5 rings (SSSR count). The number of fused-ring (bicyclic) bond motifs is 1. The first-order valence-corrected chi connectivity index (χ1v) is 13.5. The number of likely N-dealkylation sites (tertiary alicyclic amines) is 2. The van der Waals surface area contributed by atoms with Crippen LogP contribution < -0.4 is 5.32 Å². The Bertz CT molecular complexity index is 1200. The van der Waals surface area contributed by atoms with E-state index in [-0.39, 0.29) is 36.6 Å². The molecular weight excluding hydrogens is 553 g/mol. The SMILES string of the molecule is CN1CCC(C2CCN(C(=O)[C@@](C)(NC(=O)c3cc4ccc(Cl)cc4s3)n3ccnc3)CC2)CC1.Cl.Cl. The highest BCUT2D eigenvalue weighted by atomic mass is 35.5. The summed E-state index contributed by atoms with van der Waals surface area (Å²) < 4.78 is 2.63. The van der Waals surface area contributed by atoms with E-state index in [1.807, 2.05) is 29.2 Å². The molecule has 1 aromatic carbocycles. The zero-order chi connectivity index (χ0) is 24.6. The fourth-order valence-electron chi connectivity index (χ4n) is 5.53. The van der Waals surface area contributed by atoms with Crippen LogP contribution in [0.4, 0.5) is 0 Å². The second-order valence-corrected chi connectivity index (χ2v) is 11.6. The predicted molar refractivity (Wildman–Crippen MR) is 154 cm³/mol. The number of halogens is 3. The van der Waals surface area contributed by atoms with Crippen LogP contribution in [-0.4, -0.2) is 64.4 Å². The van der Waals surface area contributed by atoms with Gasteiger partial charge in [-0.25, -0.2) is 4.98 Å². The summed E-state index contributed by atoms with van der Waals surface area (Å²) in [7, 11) is 2.19. The maximum absolute atomic E-state index is 13.9. The van der Waals surface area contributed by atoms with Gasteiger partial charge in [-0.15, -0.1) is 36.2 Å². The van der Waals surface area contributed by atoms with E-state index in [9.17, 15) is 9.59 Å². The number of aromatic nitrogens is 2. The zero-order valence-electron chi connectivity index (χ0n) is 21.1. The Hall–Kier alpha value is -1.84. The van der Waals surface area contributed by atoms with Crippen molar-refractivity contribution in [3.05, 3.63) is 52.9 Å². The number of nitrogens with one attached hydrogen (secondary N) is 1. The van der Waals surface area contributed by atoms with E-state index in [1.165, 1.54) is 37.3 Å². The summed E-state index contributed by atoms with van der Waals surface area (Å²) in [4.78, 5) is 36.2. The molecular formula is C26H34Cl3N5O2S. The average molecular weight is 587 g/mol. The lowest BCUT2D eigenvalue weighted by Crippen LogP contribution is -2.60. The quantitative estimate of drug-likeness (QED) is 0.442. The Balaban J connectivity index is 0.00000190. The van der Waals surface area contributed by atoms with Crippen LogP contribution in [-0.2, 0) is 10.5 Å². The first-order chi connectivity index (χ1) is 16.8. The molecule has 4 heterocycles. The van der Waals surface area contributed by atoms with Crippen molar-refractivity contribution in [2.75, 3.05) is 33.2 Å². The number of rotatable bonds is 5. The lowest BCUT2D eigenvalue weighted by molar-refractivity contribution is -0.143. The van der Waals surface area contributed by atoms with Crippen LogP contribution in [0.3, 0.4) is 0 Å². The molecule has 2 aromatic heterocycles. The van der Waals surface area contributed by atoms with Crippen molar-refractivity contribution >= 4 is 69.7 Å². The van der Waals surface area contributed by atoms with Gasteiger partial charge in [0.15, 0.2) is 5.66 Å². The summed E-state index contributed by atoms with van der Waals surface area (Å²) in [5, 5.41) is 4.62. The lowest BCUT2D eigenvalue weighted by Gasteiger charge is -2.42. The van der Waals surface area contributed by atoms with Crippen LogP contribution in [0, 0.1) is 11.8 Å². The molecule has 2 fully saturated rings. The normalized spacial score (nSPS) is 19.1. The van der Waals surface area contributed by atoms with Gasteiger partial charge in [0.2, 0.25) is 0 Å². The number of hydrogen-bond donors (Lipinski definition) is 1. The molecule has 2 aliphatic heterocycles. The smallest absolute Gasteiger partial charge is 0.269 e. The molecule has 0 spiro atoms.